The van der Waals surface area contributed by atoms with Crippen LogP contribution >= 0.6 is 0 Å². The van der Waals surface area contributed by atoms with Crippen molar-refractivity contribution < 1.29 is 14.3 Å². The summed E-state index contributed by atoms with van der Waals surface area (Å²) in [7, 11) is 1.60. The highest BCUT2D eigenvalue weighted by Gasteiger charge is 2.15. The van der Waals surface area contributed by atoms with Crippen LogP contribution in [0.2, 0.25) is 0 Å². The van der Waals surface area contributed by atoms with Crippen molar-refractivity contribution in [1.29, 1.82) is 0 Å². The van der Waals surface area contributed by atoms with Crippen LogP contribution < -0.4 is 15.4 Å². The van der Waals surface area contributed by atoms with E-state index in [1.165, 1.54) is 0 Å². The molecular formula is C17H21N3O3. The predicted octanol–water partition coefficient (Wildman–Crippen LogP) is 1.89. The van der Waals surface area contributed by atoms with E-state index in [1.807, 2.05) is 26.8 Å². The van der Waals surface area contributed by atoms with Crippen molar-refractivity contribution in [3.05, 3.63) is 36.0 Å². The summed E-state index contributed by atoms with van der Waals surface area (Å²) < 4.78 is 5.15. The maximum atomic E-state index is 12.1. The quantitative estimate of drug-likeness (QED) is 0.903. The second-order valence-corrected chi connectivity index (χ2v) is 6.24. The lowest BCUT2D eigenvalue weighted by atomic mass is 10.1. The van der Waals surface area contributed by atoms with Gasteiger partial charge in [0.25, 0.3) is 5.91 Å². The second kappa shape index (κ2) is 6.64. The maximum Gasteiger partial charge on any atom is 0.270 e. The van der Waals surface area contributed by atoms with E-state index in [4.69, 9.17) is 4.74 Å². The first-order valence-corrected chi connectivity index (χ1v) is 7.32. The molecule has 0 bridgehead atoms. The fourth-order valence-electron chi connectivity index (χ4n) is 2.07. The first-order valence-electron chi connectivity index (χ1n) is 7.32. The third-order valence-electron chi connectivity index (χ3n) is 3.05. The van der Waals surface area contributed by atoms with Crippen molar-refractivity contribution in [2.45, 2.75) is 26.3 Å². The van der Waals surface area contributed by atoms with E-state index in [-0.39, 0.29) is 29.6 Å². The van der Waals surface area contributed by atoms with Gasteiger partial charge < -0.3 is 15.4 Å². The third-order valence-corrected chi connectivity index (χ3v) is 3.05. The second-order valence-electron chi connectivity index (χ2n) is 6.24. The van der Waals surface area contributed by atoms with Gasteiger partial charge in [0.15, 0.2) is 0 Å². The number of pyridine rings is 1. The number of rotatable bonds is 4. The zero-order chi connectivity index (χ0) is 17.0. The van der Waals surface area contributed by atoms with Crippen LogP contribution in [0.25, 0.3) is 10.9 Å². The molecule has 0 saturated carbocycles. The molecule has 0 spiro atoms. The summed E-state index contributed by atoms with van der Waals surface area (Å²) >= 11 is 0. The normalized spacial score (nSPS) is 11.1. The minimum absolute atomic E-state index is 0.0849. The standard InChI is InChI=1S/C17H21N3O3/c1-17(2,3)20-15(21)10-18-16(22)14-7-5-11-9-12(23-4)6-8-13(11)19-14/h5-9H,10H2,1-4H3,(H,18,22)(H,20,21). The van der Waals surface area contributed by atoms with E-state index < -0.39 is 0 Å². The number of carbonyl (C=O) groups is 2. The Bertz CT molecular complexity index is 735. The molecule has 0 unspecified atom stereocenters. The van der Waals surface area contributed by atoms with Crippen molar-refractivity contribution in [3.63, 3.8) is 0 Å². The molecule has 0 aliphatic carbocycles. The molecule has 0 atom stereocenters. The summed E-state index contributed by atoms with van der Waals surface area (Å²) in [6, 6.07) is 8.85. The molecule has 6 heteroatoms. The van der Waals surface area contributed by atoms with Gasteiger partial charge in [0, 0.05) is 10.9 Å². The number of hydrogen-bond donors (Lipinski definition) is 2. The van der Waals surface area contributed by atoms with Gasteiger partial charge in [-0.3, -0.25) is 9.59 Å². The summed E-state index contributed by atoms with van der Waals surface area (Å²) in [6.07, 6.45) is 0. The van der Waals surface area contributed by atoms with Gasteiger partial charge in [-0.15, -0.1) is 0 Å². The lowest BCUT2D eigenvalue weighted by Gasteiger charge is -2.20. The van der Waals surface area contributed by atoms with Gasteiger partial charge in [0.1, 0.15) is 11.4 Å². The van der Waals surface area contributed by atoms with E-state index >= 15 is 0 Å². The van der Waals surface area contributed by atoms with E-state index in [0.717, 1.165) is 11.1 Å². The Balaban J connectivity index is 2.05. The number of ether oxygens (including phenoxy) is 1. The van der Waals surface area contributed by atoms with E-state index in [0.29, 0.717) is 5.52 Å². The molecule has 1 heterocycles. The minimum Gasteiger partial charge on any atom is -0.497 e. The predicted molar refractivity (Wildman–Crippen MR) is 88.5 cm³/mol. The number of aromatic nitrogens is 1. The molecule has 122 valence electrons. The average molecular weight is 315 g/mol. The van der Waals surface area contributed by atoms with Gasteiger partial charge in [-0.1, -0.05) is 6.07 Å². The van der Waals surface area contributed by atoms with Crippen LogP contribution in [0.1, 0.15) is 31.3 Å². The topological polar surface area (TPSA) is 80.3 Å². The summed E-state index contributed by atoms with van der Waals surface area (Å²) in [4.78, 5) is 28.1. The Morgan fingerprint density at radius 1 is 1.17 bits per heavy atom. The van der Waals surface area contributed by atoms with Gasteiger partial charge >= 0.3 is 0 Å². The number of methoxy groups -OCH3 is 1. The molecule has 2 rings (SSSR count). The number of nitrogens with one attached hydrogen (secondary N) is 2. The van der Waals surface area contributed by atoms with Crippen LogP contribution in [-0.2, 0) is 4.79 Å². The molecule has 2 amide bonds. The number of fused-ring (bicyclic) bond motifs is 1. The minimum atomic E-state index is -0.383. The van der Waals surface area contributed by atoms with Gasteiger partial charge in [-0.05, 0) is 45.0 Å². The molecule has 0 saturated heterocycles. The summed E-state index contributed by atoms with van der Waals surface area (Å²) in [5, 5.41) is 6.23. The summed E-state index contributed by atoms with van der Waals surface area (Å²) in [5.41, 5.74) is 0.631. The monoisotopic (exact) mass is 315 g/mol. The average Bonchev–Trinajstić information content (AvgIpc) is 2.49. The highest BCUT2D eigenvalue weighted by Crippen LogP contribution is 2.19. The number of hydrogen-bond acceptors (Lipinski definition) is 4. The number of benzene rings is 1. The third kappa shape index (κ3) is 4.67. The molecule has 0 radical (unpaired) electrons. The van der Waals surface area contributed by atoms with Crippen molar-refractivity contribution >= 4 is 22.7 Å². The highest BCUT2D eigenvalue weighted by molar-refractivity contribution is 5.97. The van der Waals surface area contributed by atoms with Crippen LogP contribution in [0.4, 0.5) is 0 Å². The molecule has 2 aromatic rings. The van der Waals surface area contributed by atoms with Crippen LogP contribution in [0.15, 0.2) is 30.3 Å². The molecule has 6 nitrogen and oxygen atoms in total. The lowest BCUT2D eigenvalue weighted by molar-refractivity contribution is -0.121. The van der Waals surface area contributed by atoms with Crippen molar-refractivity contribution in [2.24, 2.45) is 0 Å². The van der Waals surface area contributed by atoms with Gasteiger partial charge in [-0.2, -0.15) is 0 Å². The molecular weight excluding hydrogens is 294 g/mol. The lowest BCUT2D eigenvalue weighted by Crippen LogP contribution is -2.45. The van der Waals surface area contributed by atoms with Gasteiger partial charge in [0.05, 0.1) is 19.2 Å². The van der Waals surface area contributed by atoms with E-state index in [1.54, 1.807) is 31.4 Å². The first kappa shape index (κ1) is 16.7. The van der Waals surface area contributed by atoms with Crippen LogP contribution in [0, 0.1) is 0 Å². The molecule has 0 fully saturated rings. The van der Waals surface area contributed by atoms with E-state index in [2.05, 4.69) is 15.6 Å². The van der Waals surface area contributed by atoms with Crippen LogP contribution in [-0.4, -0.2) is 36.0 Å². The molecule has 0 aliphatic rings. The molecule has 23 heavy (non-hydrogen) atoms. The van der Waals surface area contributed by atoms with Gasteiger partial charge in [0.2, 0.25) is 5.91 Å². The van der Waals surface area contributed by atoms with Crippen LogP contribution in [0.5, 0.6) is 5.75 Å². The first-order chi connectivity index (χ1) is 10.8. The molecule has 0 aliphatic heterocycles. The Labute approximate surface area is 135 Å². The summed E-state index contributed by atoms with van der Waals surface area (Å²) in [5.74, 6) is 0.110. The van der Waals surface area contributed by atoms with E-state index in [9.17, 15) is 9.59 Å². The highest BCUT2D eigenvalue weighted by atomic mass is 16.5. The fraction of sp³-hybridized carbons (Fsp3) is 0.353. The SMILES string of the molecule is COc1ccc2nc(C(=O)NCC(=O)NC(C)(C)C)ccc2c1. The molecule has 2 N–H and O–H groups in total. The fourth-order valence-corrected chi connectivity index (χ4v) is 2.07. The number of nitrogens with zero attached hydrogens (tertiary/aromatic N) is 1. The largest absolute Gasteiger partial charge is 0.497 e. The molecule has 1 aromatic carbocycles. The Kier molecular flexibility index (Phi) is 4.83. The Hall–Kier alpha value is -2.63. The smallest absolute Gasteiger partial charge is 0.270 e. The van der Waals surface area contributed by atoms with Gasteiger partial charge in [-0.25, -0.2) is 4.98 Å². The van der Waals surface area contributed by atoms with Crippen molar-refractivity contribution in [3.8, 4) is 5.75 Å². The van der Waals surface area contributed by atoms with Crippen molar-refractivity contribution in [2.75, 3.05) is 13.7 Å². The molecule has 1 aromatic heterocycles. The van der Waals surface area contributed by atoms with Crippen LogP contribution in [0.3, 0.4) is 0 Å². The number of amides is 2. The maximum absolute atomic E-state index is 12.1. The summed E-state index contributed by atoms with van der Waals surface area (Å²) in [6.45, 7) is 5.56. The zero-order valence-electron chi connectivity index (χ0n) is 13.8. The zero-order valence-corrected chi connectivity index (χ0v) is 13.8. The van der Waals surface area contributed by atoms with Crippen molar-refractivity contribution in [1.82, 2.24) is 15.6 Å². The Morgan fingerprint density at radius 3 is 2.57 bits per heavy atom. The number of carbonyl (C=O) groups excluding carboxylic acids is 2. The Morgan fingerprint density at radius 2 is 1.91 bits per heavy atom.